The molecule has 1 aliphatic carbocycles. The summed E-state index contributed by atoms with van der Waals surface area (Å²) in [6.07, 6.45) is 8.66. The van der Waals surface area contributed by atoms with Gasteiger partial charge in [-0.3, -0.25) is 9.36 Å². The van der Waals surface area contributed by atoms with E-state index in [2.05, 4.69) is 12.2 Å². The second kappa shape index (κ2) is 9.31. The normalized spacial score (nSPS) is 14.3. The van der Waals surface area contributed by atoms with Crippen LogP contribution in [0.25, 0.3) is 15.9 Å². The zero-order chi connectivity index (χ0) is 22.9. The number of hydrogen-bond acceptors (Lipinski definition) is 5. The van der Waals surface area contributed by atoms with Crippen LogP contribution in [0.1, 0.15) is 32.5 Å². The zero-order valence-electron chi connectivity index (χ0n) is 17.9. The smallest absolute Gasteiger partial charge is 0.266 e. The van der Waals surface area contributed by atoms with Crippen molar-refractivity contribution >= 4 is 43.2 Å². The Kier molecular flexibility index (Phi) is 6.67. The molecular formula is C23H24ClN3O3S2. The second-order valence-corrected chi connectivity index (χ2v) is 11.0. The number of thiophene rings is 1. The highest BCUT2D eigenvalue weighted by atomic mass is 35.5. The lowest BCUT2D eigenvalue weighted by Crippen LogP contribution is -2.30. The summed E-state index contributed by atoms with van der Waals surface area (Å²) >= 11 is 7.47. The fraction of sp³-hybridized carbons (Fsp3) is 0.304. The molecule has 0 saturated carbocycles. The molecule has 0 N–H and O–H groups in total. The number of halogens is 1. The minimum atomic E-state index is -3.69. The molecule has 0 unspecified atom stereocenters. The molecule has 9 heteroatoms. The number of aromatic nitrogens is 2. The SMILES string of the molecule is CCN(CC)S(=O)(=O)c1cc2c(=O)n(-c3ccccc3Cl)c(CC3=CCCC=C3)nc2s1. The molecule has 3 aromatic rings. The maximum atomic E-state index is 13.6. The summed E-state index contributed by atoms with van der Waals surface area (Å²) in [6, 6.07) is 8.55. The van der Waals surface area contributed by atoms with Gasteiger partial charge in [-0.15, -0.1) is 11.3 Å². The fourth-order valence-corrected chi connectivity index (χ4v) is 6.97. The summed E-state index contributed by atoms with van der Waals surface area (Å²) in [4.78, 5) is 18.8. The Morgan fingerprint density at radius 3 is 2.59 bits per heavy atom. The van der Waals surface area contributed by atoms with E-state index in [0.717, 1.165) is 29.8 Å². The molecular weight excluding hydrogens is 466 g/mol. The summed E-state index contributed by atoms with van der Waals surface area (Å²) in [5.41, 5.74) is 1.27. The van der Waals surface area contributed by atoms with E-state index in [-0.39, 0.29) is 15.2 Å². The lowest BCUT2D eigenvalue weighted by Gasteiger charge is -2.16. The lowest BCUT2D eigenvalue weighted by molar-refractivity contribution is 0.447. The van der Waals surface area contributed by atoms with Gasteiger partial charge in [0.25, 0.3) is 15.6 Å². The summed E-state index contributed by atoms with van der Waals surface area (Å²) in [7, 11) is -3.69. The second-order valence-electron chi connectivity index (χ2n) is 7.43. The molecule has 2 aromatic heterocycles. The molecule has 0 amide bonds. The van der Waals surface area contributed by atoms with Gasteiger partial charge >= 0.3 is 0 Å². The first kappa shape index (κ1) is 22.9. The highest BCUT2D eigenvalue weighted by molar-refractivity contribution is 7.91. The van der Waals surface area contributed by atoms with Crippen LogP contribution in [0.3, 0.4) is 0 Å². The van der Waals surface area contributed by atoms with E-state index in [1.54, 1.807) is 32.0 Å². The fourth-order valence-electron chi connectivity index (χ4n) is 3.80. The van der Waals surface area contributed by atoms with Crippen molar-refractivity contribution < 1.29 is 8.42 Å². The number of hydrogen-bond donors (Lipinski definition) is 0. The van der Waals surface area contributed by atoms with E-state index < -0.39 is 10.0 Å². The predicted molar refractivity (Wildman–Crippen MR) is 130 cm³/mol. The zero-order valence-corrected chi connectivity index (χ0v) is 20.3. The number of nitrogens with zero attached hydrogens (tertiary/aromatic N) is 3. The average Bonchev–Trinajstić information content (AvgIpc) is 3.22. The molecule has 0 aliphatic heterocycles. The standard InChI is InChI=1S/C23H24ClN3O3S2/c1-3-26(4-2)32(29,30)21-15-17-22(31-21)25-20(14-16-10-6-5-7-11-16)27(23(17)28)19-13-9-8-12-18(19)24/h6,8-13,15H,3-5,7,14H2,1-2H3. The molecule has 0 bridgehead atoms. The molecule has 0 atom stereocenters. The number of benzene rings is 1. The topological polar surface area (TPSA) is 72.3 Å². The molecule has 1 aliphatic rings. The van der Waals surface area contributed by atoms with Gasteiger partial charge < -0.3 is 0 Å². The van der Waals surface area contributed by atoms with Crippen LogP contribution in [0.4, 0.5) is 0 Å². The van der Waals surface area contributed by atoms with Gasteiger partial charge in [-0.25, -0.2) is 13.4 Å². The molecule has 4 rings (SSSR count). The van der Waals surface area contributed by atoms with Crippen molar-refractivity contribution in [2.45, 2.75) is 37.3 Å². The summed E-state index contributed by atoms with van der Waals surface area (Å²) < 4.78 is 29.1. The Morgan fingerprint density at radius 2 is 1.94 bits per heavy atom. The first-order valence-electron chi connectivity index (χ1n) is 10.5. The van der Waals surface area contributed by atoms with Crippen LogP contribution in [0.5, 0.6) is 0 Å². The minimum Gasteiger partial charge on any atom is -0.268 e. The van der Waals surface area contributed by atoms with Crippen molar-refractivity contribution in [2.24, 2.45) is 0 Å². The van der Waals surface area contributed by atoms with Gasteiger partial charge in [0.2, 0.25) is 0 Å². The molecule has 0 fully saturated rings. The van der Waals surface area contributed by atoms with Crippen LogP contribution in [-0.4, -0.2) is 35.4 Å². The molecule has 2 heterocycles. The average molecular weight is 490 g/mol. The van der Waals surface area contributed by atoms with Crippen molar-refractivity contribution in [3.8, 4) is 5.69 Å². The maximum Gasteiger partial charge on any atom is 0.266 e. The number of allylic oxidation sites excluding steroid dienone is 4. The maximum absolute atomic E-state index is 13.6. The van der Waals surface area contributed by atoms with Crippen LogP contribution >= 0.6 is 22.9 Å². The van der Waals surface area contributed by atoms with Gasteiger partial charge in [-0.2, -0.15) is 4.31 Å². The largest absolute Gasteiger partial charge is 0.268 e. The summed E-state index contributed by atoms with van der Waals surface area (Å²) in [5, 5.41) is 0.703. The van der Waals surface area contributed by atoms with Gasteiger partial charge in [0, 0.05) is 19.5 Å². The Bertz CT molecular complexity index is 1380. The van der Waals surface area contributed by atoms with E-state index in [0.29, 0.717) is 40.9 Å². The number of fused-ring (bicyclic) bond motifs is 1. The van der Waals surface area contributed by atoms with Gasteiger partial charge in [-0.05, 0) is 36.6 Å². The van der Waals surface area contributed by atoms with Gasteiger partial charge in [-0.1, -0.05) is 55.8 Å². The first-order chi connectivity index (χ1) is 15.4. The first-order valence-corrected chi connectivity index (χ1v) is 13.2. The number of rotatable bonds is 7. The van der Waals surface area contributed by atoms with Crippen molar-refractivity contribution in [2.75, 3.05) is 13.1 Å². The van der Waals surface area contributed by atoms with Crippen molar-refractivity contribution in [1.82, 2.24) is 13.9 Å². The molecule has 0 saturated heterocycles. The quantitative estimate of drug-likeness (QED) is 0.470. The van der Waals surface area contributed by atoms with Gasteiger partial charge in [0.05, 0.1) is 16.1 Å². The third kappa shape index (κ3) is 4.20. The van der Waals surface area contributed by atoms with Crippen LogP contribution in [0.15, 0.2) is 63.1 Å². The summed E-state index contributed by atoms with van der Waals surface area (Å²) in [6.45, 7) is 4.30. The Morgan fingerprint density at radius 1 is 1.19 bits per heavy atom. The number of para-hydroxylation sites is 1. The molecule has 168 valence electrons. The highest BCUT2D eigenvalue weighted by Crippen LogP contribution is 2.30. The third-order valence-corrected chi connectivity index (χ3v) is 9.29. The van der Waals surface area contributed by atoms with Crippen LogP contribution in [-0.2, 0) is 16.4 Å². The van der Waals surface area contributed by atoms with E-state index in [4.69, 9.17) is 16.6 Å². The Hall–Kier alpha value is -2.26. The van der Waals surface area contributed by atoms with Crippen molar-refractivity contribution in [3.63, 3.8) is 0 Å². The minimum absolute atomic E-state index is 0.125. The molecule has 1 aromatic carbocycles. The molecule has 0 spiro atoms. The van der Waals surface area contributed by atoms with Crippen molar-refractivity contribution in [1.29, 1.82) is 0 Å². The Balaban J connectivity index is 1.95. The summed E-state index contributed by atoms with van der Waals surface area (Å²) in [5.74, 6) is 0.530. The van der Waals surface area contributed by atoms with E-state index in [9.17, 15) is 13.2 Å². The van der Waals surface area contributed by atoms with Crippen LogP contribution < -0.4 is 5.56 Å². The molecule has 32 heavy (non-hydrogen) atoms. The Labute approximate surface area is 196 Å². The molecule has 6 nitrogen and oxygen atoms in total. The van der Waals surface area contributed by atoms with E-state index in [1.807, 2.05) is 12.1 Å². The van der Waals surface area contributed by atoms with E-state index in [1.165, 1.54) is 14.9 Å². The monoisotopic (exact) mass is 489 g/mol. The lowest BCUT2D eigenvalue weighted by atomic mass is 10.0. The van der Waals surface area contributed by atoms with E-state index >= 15 is 0 Å². The number of sulfonamides is 1. The highest BCUT2D eigenvalue weighted by Gasteiger charge is 2.26. The predicted octanol–water partition coefficient (Wildman–Crippen LogP) is 4.95. The van der Waals surface area contributed by atoms with Gasteiger partial charge in [0.15, 0.2) is 0 Å². The van der Waals surface area contributed by atoms with Crippen molar-refractivity contribution in [3.05, 3.63) is 75.3 Å². The van der Waals surface area contributed by atoms with Gasteiger partial charge in [0.1, 0.15) is 14.9 Å². The third-order valence-electron chi connectivity index (χ3n) is 5.44. The molecule has 0 radical (unpaired) electrons. The van der Waals surface area contributed by atoms with Crippen LogP contribution in [0.2, 0.25) is 5.02 Å². The van der Waals surface area contributed by atoms with Crippen LogP contribution in [0, 0.1) is 0 Å².